The third-order valence-corrected chi connectivity index (χ3v) is 5.88. The van der Waals surface area contributed by atoms with Crippen LogP contribution in [-0.4, -0.2) is 0 Å². The third-order valence-electron chi connectivity index (χ3n) is 5.88. The number of benzene rings is 2. The molecule has 0 fully saturated rings. The van der Waals surface area contributed by atoms with E-state index < -0.39 is 0 Å². The minimum absolute atomic E-state index is 0. The number of allylic oxidation sites excluding steroid dienone is 4. The van der Waals surface area contributed by atoms with Crippen molar-refractivity contribution in [2.24, 2.45) is 0 Å². The number of hydrogen-bond acceptors (Lipinski definition) is 0. The fourth-order valence-electron chi connectivity index (χ4n) is 3.44. The first kappa shape index (κ1) is 34.7. The second-order valence-corrected chi connectivity index (χ2v) is 9.00. The Labute approximate surface area is 220 Å². The van der Waals surface area contributed by atoms with Gasteiger partial charge >= 0.3 is 0 Å². The van der Waals surface area contributed by atoms with Gasteiger partial charge in [-0.15, -0.1) is 6.58 Å². The minimum atomic E-state index is 0. The zero-order valence-electron chi connectivity index (χ0n) is 22.6. The van der Waals surface area contributed by atoms with Crippen LogP contribution in [0.15, 0.2) is 91.5 Å². The number of rotatable bonds is 14. The van der Waals surface area contributed by atoms with E-state index in [-0.39, 0.29) is 7.43 Å². The Bertz CT molecular complexity index is 710. The van der Waals surface area contributed by atoms with Gasteiger partial charge in [0.15, 0.2) is 6.08 Å². The van der Waals surface area contributed by atoms with Crippen molar-refractivity contribution in [1.29, 1.82) is 0 Å². The Balaban J connectivity index is 0. The molecule has 0 radical (unpaired) electrons. The Morgan fingerprint density at radius 1 is 0.686 bits per heavy atom. The maximum Gasteiger partial charge on any atom is 0.201 e. The molecule has 0 spiro atoms. The van der Waals surface area contributed by atoms with Crippen LogP contribution in [0.25, 0.3) is 0 Å². The molecule has 194 valence electrons. The summed E-state index contributed by atoms with van der Waals surface area (Å²) in [5.41, 5.74) is 2.74. The molecule has 0 saturated heterocycles. The largest absolute Gasteiger partial charge is 0.201 e. The lowest BCUT2D eigenvalue weighted by atomic mass is 10.0. The van der Waals surface area contributed by atoms with Crippen LogP contribution in [0, 0.1) is 6.58 Å². The molecule has 0 aliphatic carbocycles. The third kappa shape index (κ3) is 20.6. The molecule has 0 saturated carbocycles. The molecule has 2 aromatic rings. The molecule has 0 heterocycles. The van der Waals surface area contributed by atoms with E-state index in [1.54, 1.807) is 6.08 Å². The van der Waals surface area contributed by atoms with E-state index in [2.05, 4.69) is 101 Å². The summed E-state index contributed by atoms with van der Waals surface area (Å²) in [6.07, 6.45) is 21.4. The SMILES string of the molecule is C.C=CC(C)c1ccccc1.CCCCCCC=CC(C)c1ccccc1.[CH+]=CCCCCCC. The molecular formula is C35H55+. The van der Waals surface area contributed by atoms with Crippen LogP contribution in [0.3, 0.4) is 0 Å². The van der Waals surface area contributed by atoms with Gasteiger partial charge in [-0.25, -0.2) is 0 Å². The van der Waals surface area contributed by atoms with Crippen LogP contribution < -0.4 is 0 Å². The van der Waals surface area contributed by atoms with Crippen molar-refractivity contribution in [2.45, 2.75) is 111 Å². The Morgan fingerprint density at radius 3 is 1.57 bits per heavy atom. The second-order valence-electron chi connectivity index (χ2n) is 9.00. The molecule has 0 N–H and O–H groups in total. The van der Waals surface area contributed by atoms with Gasteiger partial charge in [-0.3, -0.25) is 0 Å². The van der Waals surface area contributed by atoms with Crippen molar-refractivity contribution in [3.63, 3.8) is 0 Å². The van der Waals surface area contributed by atoms with E-state index >= 15 is 0 Å². The van der Waals surface area contributed by atoms with Gasteiger partial charge in [0, 0.05) is 6.42 Å². The average molecular weight is 476 g/mol. The molecule has 0 nitrogen and oxygen atoms in total. The van der Waals surface area contributed by atoms with Crippen LogP contribution in [0.1, 0.15) is 122 Å². The highest BCUT2D eigenvalue weighted by atomic mass is 14.0. The molecule has 2 aromatic carbocycles. The van der Waals surface area contributed by atoms with E-state index in [0.29, 0.717) is 11.8 Å². The van der Waals surface area contributed by atoms with Gasteiger partial charge < -0.3 is 0 Å². The van der Waals surface area contributed by atoms with E-state index in [1.807, 2.05) is 12.1 Å². The summed E-state index contributed by atoms with van der Waals surface area (Å²) < 4.78 is 0. The average Bonchev–Trinajstić information content (AvgIpc) is 2.90. The minimum Gasteiger partial charge on any atom is -0.102 e. The summed E-state index contributed by atoms with van der Waals surface area (Å²) in [6, 6.07) is 21.1. The molecule has 2 unspecified atom stereocenters. The molecular weight excluding hydrogens is 420 g/mol. The summed E-state index contributed by atoms with van der Waals surface area (Å²) in [7, 11) is 0. The second kappa shape index (κ2) is 26.2. The lowest BCUT2D eigenvalue weighted by Gasteiger charge is -2.05. The summed E-state index contributed by atoms with van der Waals surface area (Å²) in [5, 5.41) is 0. The summed E-state index contributed by atoms with van der Waals surface area (Å²) in [4.78, 5) is 0. The Hall–Kier alpha value is -2.43. The van der Waals surface area contributed by atoms with Crippen molar-refractivity contribution in [3.8, 4) is 0 Å². The molecule has 0 aliphatic heterocycles. The van der Waals surface area contributed by atoms with Gasteiger partial charge in [0.25, 0.3) is 0 Å². The van der Waals surface area contributed by atoms with Gasteiger partial charge in [0.2, 0.25) is 6.58 Å². The molecule has 2 atom stereocenters. The number of unbranched alkanes of at least 4 members (excludes halogenated alkanes) is 8. The fourth-order valence-corrected chi connectivity index (χ4v) is 3.44. The number of hydrogen-bond donors (Lipinski definition) is 0. The van der Waals surface area contributed by atoms with E-state index in [4.69, 9.17) is 6.58 Å². The summed E-state index contributed by atoms with van der Waals surface area (Å²) in [5.74, 6) is 1.02. The first-order valence-electron chi connectivity index (χ1n) is 13.5. The standard InChI is InChI=1S/C16H24.C10H12.C8H15.CH4/c1-3-4-5-6-7-9-12-15(2)16-13-10-8-11-14-16;1-3-9(2)10-7-5-4-6-8-10;1-3-5-7-8-6-4-2;/h8-15H,3-7H2,1-2H3;3-9H,1H2,2H3;1,3H,4-8H2,2H3;1H4/q;;+1;. The highest BCUT2D eigenvalue weighted by molar-refractivity contribution is 5.23. The van der Waals surface area contributed by atoms with E-state index in [1.165, 1.54) is 68.9 Å². The van der Waals surface area contributed by atoms with Crippen LogP contribution in [0.2, 0.25) is 0 Å². The quantitative estimate of drug-likeness (QED) is 0.145. The molecule has 35 heavy (non-hydrogen) atoms. The Morgan fingerprint density at radius 2 is 1.14 bits per heavy atom. The van der Waals surface area contributed by atoms with Crippen molar-refractivity contribution in [3.05, 3.63) is 109 Å². The zero-order chi connectivity index (χ0) is 25.3. The maximum atomic E-state index is 5.19. The first-order valence-corrected chi connectivity index (χ1v) is 13.5. The highest BCUT2D eigenvalue weighted by Gasteiger charge is 1.98. The lowest BCUT2D eigenvalue weighted by Crippen LogP contribution is -1.87. The molecule has 0 amide bonds. The normalized spacial score (nSPS) is 11.6. The van der Waals surface area contributed by atoms with Crippen molar-refractivity contribution >= 4 is 0 Å². The van der Waals surface area contributed by atoms with Gasteiger partial charge in [-0.05, 0) is 42.2 Å². The predicted molar refractivity (Wildman–Crippen MR) is 162 cm³/mol. The predicted octanol–water partition coefficient (Wildman–Crippen LogP) is 11.9. The fraction of sp³-hybridized carbons (Fsp3) is 0.486. The summed E-state index contributed by atoms with van der Waals surface area (Å²) in [6.45, 7) is 17.8. The first-order chi connectivity index (χ1) is 16.6. The van der Waals surface area contributed by atoms with Crippen molar-refractivity contribution < 1.29 is 0 Å². The summed E-state index contributed by atoms with van der Waals surface area (Å²) >= 11 is 0. The topological polar surface area (TPSA) is 0 Å². The molecule has 2 rings (SSSR count). The van der Waals surface area contributed by atoms with Crippen molar-refractivity contribution in [2.75, 3.05) is 0 Å². The van der Waals surface area contributed by atoms with Crippen LogP contribution >= 0.6 is 0 Å². The molecule has 0 aromatic heterocycles. The maximum absolute atomic E-state index is 5.19. The lowest BCUT2D eigenvalue weighted by molar-refractivity contribution is 0.673. The smallest absolute Gasteiger partial charge is 0.102 e. The Kier molecular flexibility index (Phi) is 26.0. The van der Waals surface area contributed by atoms with Crippen molar-refractivity contribution in [1.82, 2.24) is 0 Å². The molecule has 0 bridgehead atoms. The van der Waals surface area contributed by atoms with Crippen LogP contribution in [-0.2, 0) is 0 Å². The molecule has 0 aliphatic rings. The zero-order valence-corrected chi connectivity index (χ0v) is 22.6. The van der Waals surface area contributed by atoms with Gasteiger partial charge in [0.1, 0.15) is 0 Å². The van der Waals surface area contributed by atoms with Crippen LogP contribution in [0.4, 0.5) is 0 Å². The highest BCUT2D eigenvalue weighted by Crippen LogP contribution is 2.16. The van der Waals surface area contributed by atoms with Gasteiger partial charge in [-0.1, -0.05) is 153 Å². The van der Waals surface area contributed by atoms with Crippen LogP contribution in [0.5, 0.6) is 0 Å². The van der Waals surface area contributed by atoms with Gasteiger partial charge in [-0.2, -0.15) is 0 Å². The molecule has 0 heteroatoms. The van der Waals surface area contributed by atoms with E-state index in [9.17, 15) is 0 Å². The van der Waals surface area contributed by atoms with E-state index in [0.717, 1.165) is 6.42 Å². The monoisotopic (exact) mass is 475 g/mol. The van der Waals surface area contributed by atoms with Gasteiger partial charge in [0.05, 0.1) is 0 Å².